The first-order chi connectivity index (χ1) is 10.2. The number of carbonyl (C=O) groups is 1. The standard InChI is InChI=1S/C17H15ClO3/c18-14-4-2-1-3-12(14)5-7-15(19)13-6-8-16-17(11-13)21-10-9-20-16/h1-4,6,8,11H,5,7,9-10H2. The molecule has 1 heterocycles. The lowest BCUT2D eigenvalue weighted by molar-refractivity contribution is 0.0981. The Balaban J connectivity index is 1.69. The van der Waals surface area contributed by atoms with Crippen LogP contribution in [-0.4, -0.2) is 19.0 Å². The van der Waals surface area contributed by atoms with Crippen molar-refractivity contribution in [2.75, 3.05) is 13.2 Å². The van der Waals surface area contributed by atoms with Gasteiger partial charge in [0.15, 0.2) is 17.3 Å². The summed E-state index contributed by atoms with van der Waals surface area (Å²) < 4.78 is 10.9. The van der Waals surface area contributed by atoms with Gasteiger partial charge in [0, 0.05) is 17.0 Å². The molecule has 0 atom stereocenters. The van der Waals surface area contributed by atoms with E-state index < -0.39 is 0 Å². The van der Waals surface area contributed by atoms with E-state index in [0.717, 1.165) is 5.56 Å². The predicted molar refractivity (Wildman–Crippen MR) is 81.5 cm³/mol. The first kappa shape index (κ1) is 14.0. The number of ether oxygens (including phenoxy) is 2. The van der Waals surface area contributed by atoms with Gasteiger partial charge in [-0.3, -0.25) is 4.79 Å². The van der Waals surface area contributed by atoms with Gasteiger partial charge in [0.25, 0.3) is 0 Å². The summed E-state index contributed by atoms with van der Waals surface area (Å²) in [5.74, 6) is 1.42. The zero-order chi connectivity index (χ0) is 14.7. The number of fused-ring (bicyclic) bond motifs is 1. The Kier molecular flexibility index (Phi) is 4.11. The number of rotatable bonds is 4. The molecule has 0 saturated carbocycles. The molecular formula is C17H15ClO3. The molecule has 2 aromatic carbocycles. The zero-order valence-corrected chi connectivity index (χ0v) is 12.2. The topological polar surface area (TPSA) is 35.5 Å². The Bertz CT molecular complexity index is 667. The summed E-state index contributed by atoms with van der Waals surface area (Å²) in [6.45, 7) is 1.07. The van der Waals surface area contributed by atoms with Gasteiger partial charge in [-0.25, -0.2) is 0 Å². The van der Waals surface area contributed by atoms with Gasteiger partial charge >= 0.3 is 0 Å². The molecule has 0 spiro atoms. The van der Waals surface area contributed by atoms with Crippen molar-refractivity contribution in [3.05, 3.63) is 58.6 Å². The minimum atomic E-state index is 0.0758. The quantitative estimate of drug-likeness (QED) is 0.803. The molecular weight excluding hydrogens is 288 g/mol. The number of carbonyl (C=O) groups excluding carboxylic acids is 1. The Morgan fingerprint density at radius 1 is 1.05 bits per heavy atom. The van der Waals surface area contributed by atoms with Crippen LogP contribution in [0, 0.1) is 0 Å². The number of hydrogen-bond acceptors (Lipinski definition) is 3. The molecule has 1 aliphatic rings. The number of benzene rings is 2. The molecule has 0 saturated heterocycles. The molecule has 4 heteroatoms. The van der Waals surface area contributed by atoms with Crippen LogP contribution in [0.15, 0.2) is 42.5 Å². The van der Waals surface area contributed by atoms with E-state index in [0.29, 0.717) is 48.1 Å². The first-order valence-corrected chi connectivity index (χ1v) is 7.28. The summed E-state index contributed by atoms with van der Waals surface area (Å²) in [7, 11) is 0. The van der Waals surface area contributed by atoms with E-state index in [-0.39, 0.29) is 5.78 Å². The summed E-state index contributed by atoms with van der Waals surface area (Å²) in [5, 5.41) is 0.701. The minimum Gasteiger partial charge on any atom is -0.486 e. The van der Waals surface area contributed by atoms with E-state index in [1.807, 2.05) is 24.3 Å². The molecule has 0 N–H and O–H groups in total. The van der Waals surface area contributed by atoms with E-state index in [4.69, 9.17) is 21.1 Å². The van der Waals surface area contributed by atoms with Gasteiger partial charge < -0.3 is 9.47 Å². The molecule has 0 amide bonds. The van der Waals surface area contributed by atoms with Crippen molar-refractivity contribution >= 4 is 17.4 Å². The van der Waals surface area contributed by atoms with Crippen LogP contribution < -0.4 is 9.47 Å². The molecule has 1 aliphatic heterocycles. The van der Waals surface area contributed by atoms with Gasteiger partial charge in [-0.1, -0.05) is 29.8 Å². The van der Waals surface area contributed by atoms with Crippen molar-refractivity contribution in [2.24, 2.45) is 0 Å². The summed E-state index contributed by atoms with van der Waals surface area (Å²) >= 11 is 6.10. The largest absolute Gasteiger partial charge is 0.486 e. The summed E-state index contributed by atoms with van der Waals surface area (Å²) in [4.78, 5) is 12.3. The minimum absolute atomic E-state index is 0.0758. The highest BCUT2D eigenvalue weighted by atomic mass is 35.5. The van der Waals surface area contributed by atoms with Crippen LogP contribution in [0.1, 0.15) is 22.3 Å². The van der Waals surface area contributed by atoms with Gasteiger partial charge in [0.1, 0.15) is 13.2 Å². The number of halogens is 1. The Morgan fingerprint density at radius 3 is 2.62 bits per heavy atom. The van der Waals surface area contributed by atoms with Crippen molar-refractivity contribution in [3.63, 3.8) is 0 Å². The van der Waals surface area contributed by atoms with E-state index in [1.165, 1.54) is 0 Å². The average molecular weight is 303 g/mol. The number of aryl methyl sites for hydroxylation is 1. The fourth-order valence-electron chi connectivity index (χ4n) is 2.31. The van der Waals surface area contributed by atoms with Crippen LogP contribution in [0.2, 0.25) is 5.02 Å². The smallest absolute Gasteiger partial charge is 0.163 e. The molecule has 0 fully saturated rings. The van der Waals surface area contributed by atoms with Gasteiger partial charge in [-0.15, -0.1) is 0 Å². The third-order valence-corrected chi connectivity index (χ3v) is 3.81. The SMILES string of the molecule is O=C(CCc1ccccc1Cl)c1ccc2c(c1)OCCO2. The van der Waals surface area contributed by atoms with Crippen LogP contribution in [0.3, 0.4) is 0 Å². The van der Waals surface area contributed by atoms with E-state index in [9.17, 15) is 4.79 Å². The maximum atomic E-state index is 12.3. The van der Waals surface area contributed by atoms with Crippen molar-refractivity contribution in [3.8, 4) is 11.5 Å². The third kappa shape index (κ3) is 3.19. The van der Waals surface area contributed by atoms with Crippen molar-refractivity contribution < 1.29 is 14.3 Å². The van der Waals surface area contributed by atoms with E-state index >= 15 is 0 Å². The normalized spacial score (nSPS) is 13.0. The summed E-state index contributed by atoms with van der Waals surface area (Å²) in [6.07, 6.45) is 1.05. The van der Waals surface area contributed by atoms with Gasteiger partial charge in [0.05, 0.1) is 0 Å². The maximum absolute atomic E-state index is 12.3. The van der Waals surface area contributed by atoms with Crippen LogP contribution in [-0.2, 0) is 6.42 Å². The third-order valence-electron chi connectivity index (χ3n) is 3.44. The number of Topliss-reactive ketones (excluding diaryl/α,β-unsaturated/α-hetero) is 1. The first-order valence-electron chi connectivity index (χ1n) is 6.90. The van der Waals surface area contributed by atoms with Gasteiger partial charge in [0.2, 0.25) is 0 Å². The molecule has 0 unspecified atom stereocenters. The summed E-state index contributed by atoms with van der Waals surface area (Å²) in [6, 6.07) is 12.9. The second kappa shape index (κ2) is 6.19. The molecule has 108 valence electrons. The highest BCUT2D eigenvalue weighted by Crippen LogP contribution is 2.31. The lowest BCUT2D eigenvalue weighted by atomic mass is 10.0. The van der Waals surface area contributed by atoms with Crippen LogP contribution >= 0.6 is 11.6 Å². The molecule has 0 aliphatic carbocycles. The van der Waals surface area contributed by atoms with E-state index in [1.54, 1.807) is 18.2 Å². The van der Waals surface area contributed by atoms with Gasteiger partial charge in [-0.2, -0.15) is 0 Å². The Hall–Kier alpha value is -2.00. The molecule has 21 heavy (non-hydrogen) atoms. The molecule has 3 nitrogen and oxygen atoms in total. The predicted octanol–water partition coefficient (Wildman–Crippen LogP) is 3.93. The zero-order valence-electron chi connectivity index (χ0n) is 11.5. The van der Waals surface area contributed by atoms with E-state index in [2.05, 4.69) is 0 Å². The molecule has 2 aromatic rings. The second-order valence-corrected chi connectivity index (χ2v) is 5.28. The monoisotopic (exact) mass is 302 g/mol. The van der Waals surface area contributed by atoms with Crippen molar-refractivity contribution in [1.82, 2.24) is 0 Å². The van der Waals surface area contributed by atoms with Crippen LogP contribution in [0.4, 0.5) is 0 Å². The second-order valence-electron chi connectivity index (χ2n) is 4.87. The highest BCUT2D eigenvalue weighted by Gasteiger charge is 2.15. The molecule has 0 bridgehead atoms. The fraction of sp³-hybridized carbons (Fsp3) is 0.235. The number of ketones is 1. The lowest BCUT2D eigenvalue weighted by Gasteiger charge is -2.18. The van der Waals surface area contributed by atoms with Gasteiger partial charge in [-0.05, 0) is 36.2 Å². The lowest BCUT2D eigenvalue weighted by Crippen LogP contribution is -2.15. The fourth-order valence-corrected chi connectivity index (χ4v) is 2.54. The average Bonchev–Trinajstić information content (AvgIpc) is 2.53. The van der Waals surface area contributed by atoms with Crippen molar-refractivity contribution in [1.29, 1.82) is 0 Å². The maximum Gasteiger partial charge on any atom is 0.163 e. The summed E-state index contributed by atoms with van der Waals surface area (Å²) in [5.41, 5.74) is 1.64. The Labute approximate surface area is 128 Å². The van der Waals surface area contributed by atoms with Crippen molar-refractivity contribution in [2.45, 2.75) is 12.8 Å². The molecule has 3 rings (SSSR count). The van der Waals surface area contributed by atoms with Crippen LogP contribution in [0.25, 0.3) is 0 Å². The number of hydrogen-bond donors (Lipinski definition) is 0. The Morgan fingerprint density at radius 2 is 1.81 bits per heavy atom. The van der Waals surface area contributed by atoms with Crippen LogP contribution in [0.5, 0.6) is 11.5 Å². The molecule has 0 aromatic heterocycles. The molecule has 0 radical (unpaired) electrons. The highest BCUT2D eigenvalue weighted by molar-refractivity contribution is 6.31.